The Morgan fingerprint density at radius 3 is 2.71 bits per heavy atom. The summed E-state index contributed by atoms with van der Waals surface area (Å²) in [6, 6.07) is 11.2. The lowest BCUT2D eigenvalue weighted by molar-refractivity contribution is -0.255. The highest BCUT2D eigenvalue weighted by atomic mass is 35.5. The number of fused-ring (bicyclic) bond motifs is 1. The first-order valence-electron chi connectivity index (χ1n) is 6.06. The Labute approximate surface area is 124 Å². The van der Waals surface area contributed by atoms with Crippen LogP contribution in [0.25, 0.3) is 16.5 Å². The van der Waals surface area contributed by atoms with Crippen LogP contribution in [0.1, 0.15) is 10.4 Å². The number of halogens is 1. The van der Waals surface area contributed by atoms with Gasteiger partial charge in [-0.3, -0.25) is 4.79 Å². The normalized spacial score (nSPS) is 10.7. The number of benzene rings is 2. The van der Waals surface area contributed by atoms with Crippen molar-refractivity contribution in [3.63, 3.8) is 0 Å². The first-order valence-corrected chi connectivity index (χ1v) is 6.44. The Morgan fingerprint density at radius 1 is 1.19 bits per heavy atom. The fourth-order valence-corrected chi connectivity index (χ4v) is 2.27. The Kier molecular flexibility index (Phi) is 3.19. The van der Waals surface area contributed by atoms with Gasteiger partial charge in [0, 0.05) is 16.0 Å². The number of carboxylic acids is 1. The molecule has 104 valence electrons. The number of hydrogen-bond donors (Lipinski definition) is 0. The number of aromatic carboxylic acids is 1. The number of aromatic nitrogens is 2. The molecule has 1 aromatic heterocycles. The second-order valence-electron chi connectivity index (χ2n) is 4.40. The number of nitrogens with zero attached hydrogens (tertiary/aromatic N) is 2. The van der Waals surface area contributed by atoms with Crippen LogP contribution in [-0.4, -0.2) is 15.7 Å². The van der Waals surface area contributed by atoms with Crippen LogP contribution >= 0.6 is 11.6 Å². The van der Waals surface area contributed by atoms with Crippen molar-refractivity contribution in [2.75, 3.05) is 0 Å². The molecule has 3 rings (SSSR count). The molecule has 0 atom stereocenters. The van der Waals surface area contributed by atoms with E-state index in [9.17, 15) is 14.7 Å². The Hall–Kier alpha value is -2.66. The molecule has 0 aliphatic carbocycles. The molecule has 0 bridgehead atoms. The molecule has 6 heteroatoms. The quantitative estimate of drug-likeness (QED) is 0.717. The van der Waals surface area contributed by atoms with E-state index in [4.69, 9.17) is 11.6 Å². The van der Waals surface area contributed by atoms with Gasteiger partial charge in [0.05, 0.1) is 23.2 Å². The molecule has 0 unspecified atom stereocenters. The molecule has 0 fully saturated rings. The van der Waals surface area contributed by atoms with Gasteiger partial charge in [-0.1, -0.05) is 29.8 Å². The molecule has 0 amide bonds. The summed E-state index contributed by atoms with van der Waals surface area (Å²) in [5, 5.41) is 16.3. The maximum Gasteiger partial charge on any atom is 0.279 e. The summed E-state index contributed by atoms with van der Waals surface area (Å²) in [4.78, 5) is 23.4. The van der Waals surface area contributed by atoms with Crippen molar-refractivity contribution in [3.8, 4) is 5.69 Å². The van der Waals surface area contributed by atoms with Crippen molar-refractivity contribution < 1.29 is 9.90 Å². The van der Waals surface area contributed by atoms with Gasteiger partial charge in [0.15, 0.2) is 0 Å². The molecule has 0 saturated heterocycles. The van der Waals surface area contributed by atoms with E-state index < -0.39 is 5.97 Å². The number of carboxylic acid groups (broad SMARTS) is 1. The highest BCUT2D eigenvalue weighted by Crippen LogP contribution is 2.19. The molecule has 0 saturated carbocycles. The fourth-order valence-electron chi connectivity index (χ4n) is 2.08. The zero-order valence-electron chi connectivity index (χ0n) is 10.6. The van der Waals surface area contributed by atoms with Gasteiger partial charge in [0.25, 0.3) is 5.56 Å². The maximum absolute atomic E-state index is 12.4. The highest BCUT2D eigenvalue weighted by molar-refractivity contribution is 6.33. The van der Waals surface area contributed by atoms with Crippen LogP contribution in [0.5, 0.6) is 0 Å². The van der Waals surface area contributed by atoms with Crippen LogP contribution in [0.2, 0.25) is 5.02 Å². The molecule has 2 aromatic carbocycles. The Bertz CT molecular complexity index is 918. The van der Waals surface area contributed by atoms with Crippen molar-refractivity contribution in [2.45, 2.75) is 0 Å². The van der Waals surface area contributed by atoms with Gasteiger partial charge in [-0.25, -0.2) is 0 Å². The molecule has 21 heavy (non-hydrogen) atoms. The molecule has 1 heterocycles. The molecule has 0 aliphatic rings. The number of carbonyl (C=O) groups excluding carboxylic acids is 1. The van der Waals surface area contributed by atoms with E-state index >= 15 is 0 Å². The second kappa shape index (κ2) is 5.03. The van der Waals surface area contributed by atoms with Crippen LogP contribution in [0.3, 0.4) is 0 Å². The molecule has 0 spiro atoms. The SMILES string of the molecule is O=C([O-])c1cc(-n2ncc3ccccc3c2=O)ccc1Cl. The predicted molar refractivity (Wildman–Crippen MR) is 76.7 cm³/mol. The average Bonchev–Trinajstić information content (AvgIpc) is 2.48. The minimum Gasteiger partial charge on any atom is -0.545 e. The van der Waals surface area contributed by atoms with Gasteiger partial charge in [-0.15, -0.1) is 0 Å². The lowest BCUT2D eigenvalue weighted by atomic mass is 10.2. The zero-order chi connectivity index (χ0) is 15.0. The summed E-state index contributed by atoms with van der Waals surface area (Å²) in [6.07, 6.45) is 1.55. The van der Waals surface area contributed by atoms with E-state index in [0.29, 0.717) is 16.5 Å². The lowest BCUT2D eigenvalue weighted by Gasteiger charge is -2.10. The molecule has 0 aliphatic heterocycles. The summed E-state index contributed by atoms with van der Waals surface area (Å²) in [7, 11) is 0. The first-order chi connectivity index (χ1) is 10.1. The van der Waals surface area contributed by atoms with Crippen molar-refractivity contribution in [2.24, 2.45) is 0 Å². The molecule has 5 nitrogen and oxygen atoms in total. The third-order valence-electron chi connectivity index (χ3n) is 3.11. The lowest BCUT2D eigenvalue weighted by Crippen LogP contribution is -2.24. The van der Waals surface area contributed by atoms with E-state index in [1.807, 2.05) is 6.07 Å². The maximum atomic E-state index is 12.4. The monoisotopic (exact) mass is 299 g/mol. The highest BCUT2D eigenvalue weighted by Gasteiger charge is 2.08. The van der Waals surface area contributed by atoms with E-state index in [0.717, 1.165) is 4.68 Å². The van der Waals surface area contributed by atoms with Gasteiger partial charge in [-0.2, -0.15) is 9.78 Å². The van der Waals surface area contributed by atoms with Crippen molar-refractivity contribution >= 4 is 28.3 Å². The van der Waals surface area contributed by atoms with Gasteiger partial charge < -0.3 is 9.90 Å². The van der Waals surface area contributed by atoms with Crippen LogP contribution in [0.4, 0.5) is 0 Å². The number of rotatable bonds is 2. The fraction of sp³-hybridized carbons (Fsp3) is 0. The second-order valence-corrected chi connectivity index (χ2v) is 4.81. The summed E-state index contributed by atoms with van der Waals surface area (Å²) < 4.78 is 1.13. The Balaban J connectivity index is 2.26. The largest absolute Gasteiger partial charge is 0.545 e. The van der Waals surface area contributed by atoms with E-state index in [1.54, 1.807) is 24.4 Å². The molecular weight excluding hydrogens is 292 g/mol. The molecule has 0 N–H and O–H groups in total. The number of hydrogen-bond acceptors (Lipinski definition) is 4. The van der Waals surface area contributed by atoms with Gasteiger partial charge >= 0.3 is 0 Å². The van der Waals surface area contributed by atoms with Gasteiger partial charge in [-0.05, 0) is 24.3 Å². The minimum absolute atomic E-state index is 0.0487. The smallest absolute Gasteiger partial charge is 0.279 e. The van der Waals surface area contributed by atoms with Crippen molar-refractivity contribution in [3.05, 3.63) is 69.6 Å². The van der Waals surface area contributed by atoms with E-state index in [1.165, 1.54) is 18.2 Å². The molecule has 0 radical (unpaired) electrons. The number of carbonyl (C=O) groups is 1. The minimum atomic E-state index is -1.41. The Morgan fingerprint density at radius 2 is 1.95 bits per heavy atom. The van der Waals surface area contributed by atoms with Crippen LogP contribution in [0, 0.1) is 0 Å². The van der Waals surface area contributed by atoms with Gasteiger partial charge in [0.2, 0.25) is 0 Å². The topological polar surface area (TPSA) is 75.0 Å². The van der Waals surface area contributed by atoms with Crippen LogP contribution in [0.15, 0.2) is 53.5 Å². The molecule has 3 aromatic rings. The van der Waals surface area contributed by atoms with Crippen molar-refractivity contribution in [1.82, 2.24) is 9.78 Å². The standard InChI is InChI=1S/C15H9ClN2O3/c16-13-6-5-10(7-12(13)15(20)21)18-14(19)11-4-2-1-3-9(11)8-17-18/h1-8H,(H,20,21)/p-1. The predicted octanol–water partition coefficient (Wildman–Crippen LogP) is 1.40. The van der Waals surface area contributed by atoms with Crippen LogP contribution in [-0.2, 0) is 0 Å². The third-order valence-corrected chi connectivity index (χ3v) is 3.44. The summed E-state index contributed by atoms with van der Waals surface area (Å²) in [6.45, 7) is 0. The van der Waals surface area contributed by atoms with E-state index in [-0.39, 0.29) is 16.1 Å². The average molecular weight is 300 g/mol. The summed E-state index contributed by atoms with van der Waals surface area (Å²) in [5.74, 6) is -1.41. The van der Waals surface area contributed by atoms with E-state index in [2.05, 4.69) is 5.10 Å². The van der Waals surface area contributed by atoms with Crippen molar-refractivity contribution in [1.29, 1.82) is 0 Å². The third kappa shape index (κ3) is 2.28. The van der Waals surface area contributed by atoms with Crippen LogP contribution < -0.4 is 10.7 Å². The first kappa shape index (κ1) is 13.3. The summed E-state index contributed by atoms with van der Waals surface area (Å²) >= 11 is 5.78. The molecular formula is C15H8ClN2O3-. The zero-order valence-corrected chi connectivity index (χ0v) is 11.4. The van der Waals surface area contributed by atoms with Gasteiger partial charge in [0.1, 0.15) is 0 Å². The summed E-state index contributed by atoms with van der Waals surface area (Å²) in [5.41, 5.74) is -0.204.